The molecule has 0 spiro atoms. The molecule has 0 bridgehead atoms. The molecule has 0 saturated carbocycles. The molecule has 0 aliphatic carbocycles. The summed E-state index contributed by atoms with van der Waals surface area (Å²) in [6, 6.07) is 14.4. The van der Waals surface area contributed by atoms with Gasteiger partial charge in [0.15, 0.2) is 0 Å². The van der Waals surface area contributed by atoms with Crippen LogP contribution in [0.5, 0.6) is 11.5 Å². The maximum atomic E-state index is 12.3. The Morgan fingerprint density at radius 2 is 1.93 bits per heavy atom. The minimum atomic E-state index is -0.546. The summed E-state index contributed by atoms with van der Waals surface area (Å²) in [5.41, 5.74) is 1.46. The molecule has 0 heterocycles. The van der Waals surface area contributed by atoms with Crippen LogP contribution in [0.4, 0.5) is 5.69 Å². The maximum Gasteiger partial charge on any atom is 0.267 e. The zero-order valence-electron chi connectivity index (χ0n) is 15.1. The zero-order chi connectivity index (χ0) is 19.6. The number of nitrogens with one attached hydrogen (secondary N) is 2. The van der Waals surface area contributed by atoms with Crippen molar-refractivity contribution in [1.29, 1.82) is 5.26 Å². The smallest absolute Gasteiger partial charge is 0.267 e. The Morgan fingerprint density at radius 1 is 1.19 bits per heavy atom. The van der Waals surface area contributed by atoms with E-state index in [-0.39, 0.29) is 5.57 Å². The Morgan fingerprint density at radius 3 is 2.56 bits per heavy atom. The molecule has 27 heavy (non-hydrogen) atoms. The van der Waals surface area contributed by atoms with Gasteiger partial charge in [-0.05, 0) is 42.3 Å². The van der Waals surface area contributed by atoms with Gasteiger partial charge in [-0.15, -0.1) is 0 Å². The van der Waals surface area contributed by atoms with Gasteiger partial charge >= 0.3 is 0 Å². The monoisotopic (exact) mass is 385 g/mol. The summed E-state index contributed by atoms with van der Waals surface area (Å²) in [6.45, 7) is 0.575. The van der Waals surface area contributed by atoms with E-state index in [1.54, 1.807) is 25.3 Å². The normalized spacial score (nSPS) is 10.7. The van der Waals surface area contributed by atoms with Crippen LogP contribution in [0, 0.1) is 11.3 Å². The van der Waals surface area contributed by atoms with E-state index in [2.05, 4.69) is 10.6 Å². The van der Waals surface area contributed by atoms with Crippen LogP contribution in [0.2, 0.25) is 5.02 Å². The Kier molecular flexibility index (Phi) is 7.53. The SMILES string of the molecule is COc1ccc(CCN/C=C(/C#N)C(=O)Nc2cc(Cl)ccc2OC)cc1. The van der Waals surface area contributed by atoms with Crippen LogP contribution in [-0.2, 0) is 11.2 Å². The molecular weight excluding hydrogens is 366 g/mol. The first-order valence-corrected chi connectivity index (χ1v) is 8.56. The number of nitrogens with zero attached hydrogens (tertiary/aromatic N) is 1. The van der Waals surface area contributed by atoms with Crippen LogP contribution in [0.25, 0.3) is 0 Å². The predicted octanol–water partition coefficient (Wildman–Crippen LogP) is 3.54. The van der Waals surface area contributed by atoms with Crippen LogP contribution in [0.1, 0.15) is 5.56 Å². The summed E-state index contributed by atoms with van der Waals surface area (Å²) in [5.74, 6) is 0.707. The topological polar surface area (TPSA) is 83.4 Å². The summed E-state index contributed by atoms with van der Waals surface area (Å²) in [5, 5.41) is 15.3. The van der Waals surface area contributed by atoms with E-state index in [1.807, 2.05) is 30.3 Å². The fraction of sp³-hybridized carbons (Fsp3) is 0.200. The minimum absolute atomic E-state index is 0.0493. The average molecular weight is 386 g/mol. The maximum absolute atomic E-state index is 12.3. The van der Waals surface area contributed by atoms with Gasteiger partial charge in [0.2, 0.25) is 0 Å². The number of rotatable bonds is 8. The summed E-state index contributed by atoms with van der Waals surface area (Å²) in [4.78, 5) is 12.3. The third-order valence-corrected chi connectivity index (χ3v) is 3.97. The Hall–Kier alpha value is -3.17. The summed E-state index contributed by atoms with van der Waals surface area (Å²) >= 11 is 5.94. The fourth-order valence-electron chi connectivity index (χ4n) is 2.30. The van der Waals surface area contributed by atoms with Crippen molar-refractivity contribution in [3.63, 3.8) is 0 Å². The van der Waals surface area contributed by atoms with E-state index >= 15 is 0 Å². The Labute approximate surface area is 163 Å². The fourth-order valence-corrected chi connectivity index (χ4v) is 2.47. The first-order valence-electron chi connectivity index (χ1n) is 8.19. The molecule has 2 aromatic rings. The standard InChI is InChI=1S/C20H20ClN3O3/c1-26-17-6-3-14(4-7-17)9-10-23-13-15(12-22)20(25)24-18-11-16(21)5-8-19(18)27-2/h3-8,11,13,23H,9-10H2,1-2H3,(H,24,25)/b15-13-. The van der Waals surface area contributed by atoms with Crippen molar-refractivity contribution in [2.24, 2.45) is 0 Å². The van der Waals surface area contributed by atoms with Crippen molar-refractivity contribution in [2.45, 2.75) is 6.42 Å². The highest BCUT2D eigenvalue weighted by Gasteiger charge is 2.12. The minimum Gasteiger partial charge on any atom is -0.497 e. The number of halogens is 1. The predicted molar refractivity (Wildman–Crippen MR) is 105 cm³/mol. The van der Waals surface area contributed by atoms with Crippen LogP contribution in [0.15, 0.2) is 54.2 Å². The molecule has 7 heteroatoms. The molecule has 1 amide bonds. The van der Waals surface area contributed by atoms with Gasteiger partial charge < -0.3 is 20.1 Å². The number of hydrogen-bond acceptors (Lipinski definition) is 5. The molecule has 0 aliphatic rings. The molecule has 0 aromatic heterocycles. The number of methoxy groups -OCH3 is 2. The van der Waals surface area contributed by atoms with Crippen molar-refractivity contribution < 1.29 is 14.3 Å². The van der Waals surface area contributed by atoms with Crippen molar-refractivity contribution in [3.8, 4) is 17.6 Å². The van der Waals surface area contributed by atoms with E-state index in [1.165, 1.54) is 13.3 Å². The van der Waals surface area contributed by atoms with Gasteiger partial charge in [-0.1, -0.05) is 23.7 Å². The van der Waals surface area contributed by atoms with Crippen molar-refractivity contribution in [1.82, 2.24) is 5.32 Å². The van der Waals surface area contributed by atoms with Gasteiger partial charge in [-0.2, -0.15) is 5.26 Å². The molecule has 2 N–H and O–H groups in total. The molecule has 0 unspecified atom stereocenters. The molecule has 0 fully saturated rings. The first kappa shape index (κ1) is 20.1. The van der Waals surface area contributed by atoms with E-state index in [0.29, 0.717) is 23.0 Å². The van der Waals surface area contributed by atoms with Gasteiger partial charge in [-0.3, -0.25) is 4.79 Å². The number of anilines is 1. The van der Waals surface area contributed by atoms with Gasteiger partial charge in [-0.25, -0.2) is 0 Å². The molecule has 0 aliphatic heterocycles. The van der Waals surface area contributed by atoms with Crippen LogP contribution in [-0.4, -0.2) is 26.7 Å². The van der Waals surface area contributed by atoms with Gasteiger partial charge in [0.25, 0.3) is 5.91 Å². The van der Waals surface area contributed by atoms with E-state index < -0.39 is 5.91 Å². The lowest BCUT2D eigenvalue weighted by Gasteiger charge is -2.10. The average Bonchev–Trinajstić information content (AvgIpc) is 2.68. The highest BCUT2D eigenvalue weighted by molar-refractivity contribution is 6.31. The Balaban J connectivity index is 1.94. The lowest BCUT2D eigenvalue weighted by molar-refractivity contribution is -0.112. The highest BCUT2D eigenvalue weighted by Crippen LogP contribution is 2.27. The van der Waals surface area contributed by atoms with Crippen molar-refractivity contribution in [2.75, 3.05) is 26.1 Å². The Bertz CT molecular complexity index is 858. The number of benzene rings is 2. The second-order valence-electron chi connectivity index (χ2n) is 5.52. The summed E-state index contributed by atoms with van der Waals surface area (Å²) < 4.78 is 10.3. The third kappa shape index (κ3) is 5.94. The number of carbonyl (C=O) groups is 1. The lowest BCUT2D eigenvalue weighted by Crippen LogP contribution is -2.18. The van der Waals surface area contributed by atoms with Crippen LogP contribution < -0.4 is 20.1 Å². The zero-order valence-corrected chi connectivity index (χ0v) is 15.8. The number of amides is 1. The molecular formula is C20H20ClN3O3. The number of carbonyl (C=O) groups excluding carboxylic acids is 1. The van der Waals surface area contributed by atoms with Crippen molar-refractivity contribution in [3.05, 3.63) is 64.8 Å². The number of ether oxygens (including phenoxy) is 2. The van der Waals surface area contributed by atoms with E-state index in [4.69, 9.17) is 21.1 Å². The molecule has 2 aromatic carbocycles. The molecule has 140 valence electrons. The molecule has 0 radical (unpaired) electrons. The third-order valence-electron chi connectivity index (χ3n) is 3.74. The molecule has 6 nitrogen and oxygen atoms in total. The van der Waals surface area contributed by atoms with Gasteiger partial charge in [0.1, 0.15) is 23.1 Å². The van der Waals surface area contributed by atoms with Gasteiger partial charge in [0.05, 0.1) is 19.9 Å². The number of hydrogen-bond donors (Lipinski definition) is 2. The quantitative estimate of drug-likeness (QED) is 0.412. The summed E-state index contributed by atoms with van der Waals surface area (Å²) in [7, 11) is 3.11. The van der Waals surface area contributed by atoms with Crippen LogP contribution in [0.3, 0.4) is 0 Å². The number of nitriles is 1. The second kappa shape index (κ2) is 10.1. The highest BCUT2D eigenvalue weighted by atomic mass is 35.5. The second-order valence-corrected chi connectivity index (χ2v) is 5.96. The van der Waals surface area contributed by atoms with Crippen LogP contribution >= 0.6 is 11.6 Å². The molecule has 0 saturated heterocycles. The van der Waals surface area contributed by atoms with E-state index in [0.717, 1.165) is 17.7 Å². The van der Waals surface area contributed by atoms with E-state index in [9.17, 15) is 10.1 Å². The molecule has 0 atom stereocenters. The van der Waals surface area contributed by atoms with Gasteiger partial charge in [0, 0.05) is 17.8 Å². The molecule has 2 rings (SSSR count). The lowest BCUT2D eigenvalue weighted by atomic mass is 10.1. The first-order chi connectivity index (χ1) is 13.1. The summed E-state index contributed by atoms with van der Waals surface area (Å²) in [6.07, 6.45) is 2.14. The largest absolute Gasteiger partial charge is 0.497 e. The van der Waals surface area contributed by atoms with Crippen molar-refractivity contribution >= 4 is 23.2 Å².